The molecule has 1 N–H and O–H groups in total. The van der Waals surface area contributed by atoms with Crippen molar-refractivity contribution in [1.82, 2.24) is 0 Å². The lowest BCUT2D eigenvalue weighted by Gasteiger charge is -2.17. The van der Waals surface area contributed by atoms with Gasteiger partial charge in [0.15, 0.2) is 0 Å². The molecule has 0 saturated carbocycles. The third kappa shape index (κ3) is 3.15. The van der Waals surface area contributed by atoms with Gasteiger partial charge in [-0.1, -0.05) is 28.1 Å². The Bertz CT molecular complexity index is 771. The molecule has 2 amide bonds. The first-order valence-electron chi connectivity index (χ1n) is 7.42. The zero-order valence-corrected chi connectivity index (χ0v) is 14.6. The van der Waals surface area contributed by atoms with Crippen LogP contribution >= 0.6 is 15.9 Å². The number of imide groups is 1. The number of amides is 2. The standard InChI is InChI=1S/C18H17BrN2O2/c1-11-3-4-12(2)15(9-11)20-16-10-17(22)21(18(16)23)14-7-5-13(19)6-8-14/h3-9,16,20H,10H2,1-2H3/t16-/m0/s1. The molecule has 1 heterocycles. The maximum atomic E-state index is 12.6. The lowest BCUT2D eigenvalue weighted by molar-refractivity contribution is -0.121. The average Bonchev–Trinajstić information content (AvgIpc) is 2.79. The Morgan fingerprint density at radius 2 is 1.78 bits per heavy atom. The predicted octanol–water partition coefficient (Wildman–Crippen LogP) is 3.81. The lowest BCUT2D eigenvalue weighted by atomic mass is 10.1. The van der Waals surface area contributed by atoms with E-state index in [0.29, 0.717) is 5.69 Å². The molecule has 0 aromatic heterocycles. The quantitative estimate of drug-likeness (QED) is 0.833. The summed E-state index contributed by atoms with van der Waals surface area (Å²) in [7, 11) is 0. The number of rotatable bonds is 3. The number of halogens is 1. The zero-order valence-electron chi connectivity index (χ0n) is 13.0. The van der Waals surface area contributed by atoms with E-state index < -0.39 is 6.04 Å². The van der Waals surface area contributed by atoms with Crippen molar-refractivity contribution in [3.8, 4) is 0 Å². The molecular weight excluding hydrogens is 356 g/mol. The number of nitrogens with one attached hydrogen (secondary N) is 1. The molecule has 5 heteroatoms. The van der Waals surface area contributed by atoms with Crippen LogP contribution in [0, 0.1) is 13.8 Å². The summed E-state index contributed by atoms with van der Waals surface area (Å²) in [5.74, 6) is -0.390. The molecule has 4 nitrogen and oxygen atoms in total. The Kier molecular flexibility index (Phi) is 4.22. The van der Waals surface area contributed by atoms with Crippen molar-refractivity contribution in [2.75, 3.05) is 10.2 Å². The minimum absolute atomic E-state index is 0.169. The van der Waals surface area contributed by atoms with E-state index >= 15 is 0 Å². The van der Waals surface area contributed by atoms with Crippen molar-refractivity contribution in [1.29, 1.82) is 0 Å². The molecule has 0 spiro atoms. The van der Waals surface area contributed by atoms with Crippen molar-refractivity contribution in [2.24, 2.45) is 0 Å². The summed E-state index contributed by atoms with van der Waals surface area (Å²) in [5, 5.41) is 3.22. The first kappa shape index (κ1) is 15.7. The van der Waals surface area contributed by atoms with Gasteiger partial charge in [-0.2, -0.15) is 0 Å². The molecule has 2 aromatic carbocycles. The fourth-order valence-corrected chi connectivity index (χ4v) is 2.95. The SMILES string of the molecule is Cc1ccc(C)c(N[C@H]2CC(=O)N(c3ccc(Br)cc3)C2=O)c1. The third-order valence-corrected chi connectivity index (χ3v) is 4.48. The summed E-state index contributed by atoms with van der Waals surface area (Å²) in [6.07, 6.45) is 0.169. The van der Waals surface area contributed by atoms with Gasteiger partial charge in [0.1, 0.15) is 6.04 Å². The number of benzene rings is 2. The number of carbonyl (C=O) groups is 2. The summed E-state index contributed by atoms with van der Waals surface area (Å²) in [4.78, 5) is 26.2. The Morgan fingerprint density at radius 1 is 1.09 bits per heavy atom. The van der Waals surface area contributed by atoms with E-state index in [0.717, 1.165) is 21.3 Å². The monoisotopic (exact) mass is 372 g/mol. The van der Waals surface area contributed by atoms with Crippen LogP contribution in [0.5, 0.6) is 0 Å². The molecule has 23 heavy (non-hydrogen) atoms. The maximum Gasteiger partial charge on any atom is 0.256 e. The first-order chi connectivity index (χ1) is 11.0. The van der Waals surface area contributed by atoms with Crippen LogP contribution in [0.4, 0.5) is 11.4 Å². The highest BCUT2D eigenvalue weighted by atomic mass is 79.9. The summed E-state index contributed by atoms with van der Waals surface area (Å²) in [6.45, 7) is 3.98. The number of nitrogens with zero attached hydrogens (tertiary/aromatic N) is 1. The van der Waals surface area contributed by atoms with Crippen molar-refractivity contribution in [2.45, 2.75) is 26.3 Å². The van der Waals surface area contributed by atoms with E-state index in [1.165, 1.54) is 4.90 Å². The molecule has 3 rings (SSSR count). The molecule has 0 aliphatic carbocycles. The third-order valence-electron chi connectivity index (χ3n) is 3.95. The summed E-state index contributed by atoms with van der Waals surface area (Å²) in [6, 6.07) is 12.7. The van der Waals surface area contributed by atoms with Gasteiger partial charge in [-0.05, 0) is 55.3 Å². The lowest BCUT2D eigenvalue weighted by Crippen LogP contribution is -2.34. The highest BCUT2D eigenvalue weighted by molar-refractivity contribution is 9.10. The Balaban J connectivity index is 1.83. The van der Waals surface area contributed by atoms with E-state index in [1.54, 1.807) is 12.1 Å². The average molecular weight is 373 g/mol. The van der Waals surface area contributed by atoms with Crippen LogP contribution in [0.25, 0.3) is 0 Å². The summed E-state index contributed by atoms with van der Waals surface area (Å²) in [5.41, 5.74) is 3.67. The number of carbonyl (C=O) groups excluding carboxylic acids is 2. The predicted molar refractivity (Wildman–Crippen MR) is 94.6 cm³/mol. The van der Waals surface area contributed by atoms with Crippen LogP contribution in [0.3, 0.4) is 0 Å². The van der Waals surface area contributed by atoms with E-state index in [1.807, 2.05) is 44.2 Å². The number of hydrogen-bond donors (Lipinski definition) is 1. The van der Waals surface area contributed by atoms with E-state index in [4.69, 9.17) is 0 Å². The molecule has 1 fully saturated rings. The second-order valence-corrected chi connectivity index (χ2v) is 6.68. The minimum atomic E-state index is -0.522. The molecule has 118 valence electrons. The summed E-state index contributed by atoms with van der Waals surface area (Å²) >= 11 is 3.35. The normalized spacial score (nSPS) is 17.7. The van der Waals surface area contributed by atoms with Crippen molar-refractivity contribution in [3.63, 3.8) is 0 Å². The van der Waals surface area contributed by atoms with E-state index in [9.17, 15) is 9.59 Å². The molecule has 0 radical (unpaired) electrons. The maximum absolute atomic E-state index is 12.6. The Labute approximate surface area is 143 Å². The van der Waals surface area contributed by atoms with Gasteiger partial charge in [-0.25, -0.2) is 4.90 Å². The molecule has 1 aliphatic heterocycles. The highest BCUT2D eigenvalue weighted by Crippen LogP contribution is 2.27. The second-order valence-electron chi connectivity index (χ2n) is 5.76. The zero-order chi connectivity index (χ0) is 16.6. The van der Waals surface area contributed by atoms with Gasteiger partial charge < -0.3 is 5.32 Å². The topological polar surface area (TPSA) is 49.4 Å². The fraction of sp³-hybridized carbons (Fsp3) is 0.222. The molecule has 0 bridgehead atoms. The molecule has 2 aromatic rings. The second kappa shape index (κ2) is 6.16. The van der Waals surface area contributed by atoms with Crippen molar-refractivity contribution in [3.05, 3.63) is 58.1 Å². The van der Waals surface area contributed by atoms with Gasteiger partial charge in [0.05, 0.1) is 12.1 Å². The Morgan fingerprint density at radius 3 is 2.48 bits per heavy atom. The number of hydrogen-bond acceptors (Lipinski definition) is 3. The van der Waals surface area contributed by atoms with Crippen LogP contribution in [-0.4, -0.2) is 17.9 Å². The van der Waals surface area contributed by atoms with Gasteiger partial charge in [-0.3, -0.25) is 9.59 Å². The smallest absolute Gasteiger partial charge is 0.256 e. The fourth-order valence-electron chi connectivity index (χ4n) is 2.69. The van der Waals surface area contributed by atoms with E-state index in [2.05, 4.69) is 21.2 Å². The van der Waals surface area contributed by atoms with Gasteiger partial charge in [0.2, 0.25) is 5.91 Å². The van der Waals surface area contributed by atoms with E-state index in [-0.39, 0.29) is 18.2 Å². The van der Waals surface area contributed by atoms with Gasteiger partial charge in [0.25, 0.3) is 5.91 Å². The van der Waals surface area contributed by atoms with Gasteiger partial charge >= 0.3 is 0 Å². The van der Waals surface area contributed by atoms with Crippen LogP contribution in [-0.2, 0) is 9.59 Å². The molecule has 0 unspecified atom stereocenters. The van der Waals surface area contributed by atoms with Crippen LogP contribution < -0.4 is 10.2 Å². The Hall–Kier alpha value is -2.14. The van der Waals surface area contributed by atoms with Crippen molar-refractivity contribution < 1.29 is 9.59 Å². The highest BCUT2D eigenvalue weighted by Gasteiger charge is 2.39. The van der Waals surface area contributed by atoms with Gasteiger partial charge in [0, 0.05) is 10.2 Å². The first-order valence-corrected chi connectivity index (χ1v) is 8.21. The van der Waals surface area contributed by atoms with Gasteiger partial charge in [-0.15, -0.1) is 0 Å². The van der Waals surface area contributed by atoms with Crippen LogP contribution in [0.1, 0.15) is 17.5 Å². The summed E-state index contributed by atoms with van der Waals surface area (Å²) < 4.78 is 0.908. The minimum Gasteiger partial charge on any atom is -0.373 e. The molecule has 1 saturated heterocycles. The number of aryl methyl sites for hydroxylation is 2. The largest absolute Gasteiger partial charge is 0.373 e. The number of anilines is 2. The molecular formula is C18H17BrN2O2. The van der Waals surface area contributed by atoms with Crippen molar-refractivity contribution >= 4 is 39.1 Å². The molecule has 1 atom stereocenters. The molecule has 1 aliphatic rings. The van der Waals surface area contributed by atoms with Crippen LogP contribution in [0.15, 0.2) is 46.9 Å². The van der Waals surface area contributed by atoms with Crippen LogP contribution in [0.2, 0.25) is 0 Å².